The SMILES string of the molecule is CCCCCNC(C)=CC(=O)OCC. The molecule has 0 spiro atoms. The standard InChI is InChI=1S/C11H21NO2/c1-4-6-7-8-12-10(3)9-11(13)14-5-2/h9,12H,4-8H2,1-3H3. The Hall–Kier alpha value is -0.990. The van der Waals surface area contributed by atoms with E-state index < -0.39 is 0 Å². The fraction of sp³-hybridized carbons (Fsp3) is 0.727. The normalized spacial score (nSPS) is 11.2. The molecule has 0 saturated carbocycles. The fourth-order valence-corrected chi connectivity index (χ4v) is 1.07. The van der Waals surface area contributed by atoms with E-state index in [9.17, 15) is 4.79 Å². The number of hydrogen-bond acceptors (Lipinski definition) is 3. The van der Waals surface area contributed by atoms with Crippen LogP contribution in [0, 0.1) is 0 Å². The molecule has 0 aromatic rings. The molecule has 0 aliphatic rings. The molecular weight excluding hydrogens is 178 g/mol. The van der Waals surface area contributed by atoms with Crippen LogP contribution in [0.2, 0.25) is 0 Å². The van der Waals surface area contributed by atoms with Gasteiger partial charge in [0.1, 0.15) is 0 Å². The van der Waals surface area contributed by atoms with Gasteiger partial charge < -0.3 is 10.1 Å². The van der Waals surface area contributed by atoms with E-state index in [1.807, 2.05) is 6.92 Å². The number of hydrogen-bond donors (Lipinski definition) is 1. The van der Waals surface area contributed by atoms with Crippen molar-refractivity contribution in [1.29, 1.82) is 0 Å². The molecule has 0 heterocycles. The van der Waals surface area contributed by atoms with Gasteiger partial charge in [-0.15, -0.1) is 0 Å². The minimum atomic E-state index is -0.270. The lowest BCUT2D eigenvalue weighted by atomic mass is 10.2. The molecule has 82 valence electrons. The molecule has 3 heteroatoms. The predicted octanol–water partition coefficient (Wildman–Crippen LogP) is 2.23. The van der Waals surface area contributed by atoms with Gasteiger partial charge in [-0.1, -0.05) is 19.8 Å². The Bertz CT molecular complexity index is 188. The second-order valence-electron chi connectivity index (χ2n) is 3.21. The number of carbonyl (C=O) groups is 1. The predicted molar refractivity (Wildman–Crippen MR) is 57.9 cm³/mol. The maximum atomic E-state index is 11.0. The smallest absolute Gasteiger partial charge is 0.332 e. The first kappa shape index (κ1) is 13.0. The summed E-state index contributed by atoms with van der Waals surface area (Å²) >= 11 is 0. The molecule has 1 N–H and O–H groups in total. The lowest BCUT2D eigenvalue weighted by Gasteiger charge is -2.05. The second-order valence-corrected chi connectivity index (χ2v) is 3.21. The molecule has 14 heavy (non-hydrogen) atoms. The van der Waals surface area contributed by atoms with Gasteiger partial charge in [-0.2, -0.15) is 0 Å². The third kappa shape index (κ3) is 7.65. The molecule has 0 saturated heterocycles. The molecule has 0 bridgehead atoms. The van der Waals surface area contributed by atoms with E-state index in [0.717, 1.165) is 18.7 Å². The van der Waals surface area contributed by atoms with Gasteiger partial charge in [0.2, 0.25) is 0 Å². The summed E-state index contributed by atoms with van der Waals surface area (Å²) < 4.78 is 4.78. The van der Waals surface area contributed by atoms with Gasteiger partial charge in [-0.3, -0.25) is 0 Å². The highest BCUT2D eigenvalue weighted by atomic mass is 16.5. The quantitative estimate of drug-likeness (QED) is 0.388. The Morgan fingerprint density at radius 3 is 2.64 bits per heavy atom. The number of rotatable bonds is 7. The van der Waals surface area contributed by atoms with Gasteiger partial charge in [0.15, 0.2) is 0 Å². The number of ether oxygens (including phenoxy) is 1. The topological polar surface area (TPSA) is 38.3 Å². The van der Waals surface area contributed by atoms with E-state index in [1.165, 1.54) is 18.9 Å². The van der Waals surface area contributed by atoms with Crippen LogP contribution in [0.3, 0.4) is 0 Å². The number of unbranched alkanes of at least 4 members (excludes halogenated alkanes) is 2. The van der Waals surface area contributed by atoms with Crippen molar-refractivity contribution in [2.75, 3.05) is 13.2 Å². The lowest BCUT2D eigenvalue weighted by molar-refractivity contribution is -0.137. The zero-order chi connectivity index (χ0) is 10.8. The van der Waals surface area contributed by atoms with E-state index in [4.69, 9.17) is 4.74 Å². The zero-order valence-corrected chi connectivity index (χ0v) is 9.43. The van der Waals surface area contributed by atoms with Crippen LogP contribution in [0.1, 0.15) is 40.0 Å². The summed E-state index contributed by atoms with van der Waals surface area (Å²) in [4.78, 5) is 11.0. The largest absolute Gasteiger partial charge is 0.463 e. The zero-order valence-electron chi connectivity index (χ0n) is 9.43. The molecule has 0 unspecified atom stereocenters. The molecule has 0 atom stereocenters. The van der Waals surface area contributed by atoms with Crippen molar-refractivity contribution in [1.82, 2.24) is 5.32 Å². The van der Waals surface area contributed by atoms with Crippen molar-refractivity contribution in [3.05, 3.63) is 11.8 Å². The molecule has 0 fully saturated rings. The van der Waals surface area contributed by atoms with Crippen molar-refractivity contribution in [3.8, 4) is 0 Å². The maximum Gasteiger partial charge on any atom is 0.332 e. The van der Waals surface area contributed by atoms with Crippen LogP contribution >= 0.6 is 0 Å². The summed E-state index contributed by atoms with van der Waals surface area (Å²) in [6.07, 6.45) is 5.07. The van der Waals surface area contributed by atoms with E-state index >= 15 is 0 Å². The summed E-state index contributed by atoms with van der Waals surface area (Å²) in [7, 11) is 0. The van der Waals surface area contributed by atoms with Crippen LogP contribution in [0.4, 0.5) is 0 Å². The number of nitrogens with one attached hydrogen (secondary N) is 1. The molecule has 0 aromatic heterocycles. The summed E-state index contributed by atoms with van der Waals surface area (Å²) in [5, 5.41) is 3.17. The highest BCUT2D eigenvalue weighted by molar-refractivity contribution is 5.82. The second kappa shape index (κ2) is 8.60. The number of esters is 1. The van der Waals surface area contributed by atoms with Crippen molar-refractivity contribution in [3.63, 3.8) is 0 Å². The first-order valence-electron chi connectivity index (χ1n) is 5.29. The molecule has 0 rings (SSSR count). The van der Waals surface area contributed by atoms with Crippen LogP contribution in [-0.4, -0.2) is 19.1 Å². The molecule has 0 aliphatic heterocycles. The Labute approximate surface area is 86.5 Å². The van der Waals surface area contributed by atoms with Crippen LogP contribution in [0.25, 0.3) is 0 Å². The van der Waals surface area contributed by atoms with E-state index in [2.05, 4.69) is 12.2 Å². The van der Waals surface area contributed by atoms with Crippen LogP contribution in [-0.2, 0) is 9.53 Å². The molecule has 0 amide bonds. The molecule has 0 radical (unpaired) electrons. The minimum absolute atomic E-state index is 0.270. The first-order chi connectivity index (χ1) is 6.70. The average Bonchev–Trinajstić information content (AvgIpc) is 2.13. The van der Waals surface area contributed by atoms with Gasteiger partial charge in [0.05, 0.1) is 6.61 Å². The van der Waals surface area contributed by atoms with Crippen molar-refractivity contribution < 1.29 is 9.53 Å². The van der Waals surface area contributed by atoms with Gasteiger partial charge in [-0.25, -0.2) is 4.79 Å². The van der Waals surface area contributed by atoms with Gasteiger partial charge in [-0.05, 0) is 20.3 Å². The third-order valence-corrected chi connectivity index (χ3v) is 1.81. The summed E-state index contributed by atoms with van der Waals surface area (Å²) in [5.74, 6) is -0.270. The molecule has 3 nitrogen and oxygen atoms in total. The molecular formula is C11H21NO2. The van der Waals surface area contributed by atoms with Crippen LogP contribution < -0.4 is 5.32 Å². The summed E-state index contributed by atoms with van der Waals surface area (Å²) in [6, 6.07) is 0. The fourth-order valence-electron chi connectivity index (χ4n) is 1.07. The third-order valence-electron chi connectivity index (χ3n) is 1.81. The monoisotopic (exact) mass is 199 g/mol. The van der Waals surface area contributed by atoms with Crippen molar-refractivity contribution in [2.45, 2.75) is 40.0 Å². The Morgan fingerprint density at radius 2 is 2.07 bits per heavy atom. The Balaban J connectivity index is 3.60. The van der Waals surface area contributed by atoms with E-state index in [1.54, 1.807) is 6.92 Å². The number of carbonyl (C=O) groups excluding carboxylic acids is 1. The van der Waals surface area contributed by atoms with Crippen LogP contribution in [0.5, 0.6) is 0 Å². The van der Waals surface area contributed by atoms with Gasteiger partial charge in [0.25, 0.3) is 0 Å². The van der Waals surface area contributed by atoms with Gasteiger partial charge >= 0.3 is 5.97 Å². The lowest BCUT2D eigenvalue weighted by Crippen LogP contribution is -2.14. The average molecular weight is 199 g/mol. The maximum absolute atomic E-state index is 11.0. The van der Waals surface area contributed by atoms with Crippen LogP contribution in [0.15, 0.2) is 11.8 Å². The van der Waals surface area contributed by atoms with Gasteiger partial charge in [0, 0.05) is 18.3 Å². The minimum Gasteiger partial charge on any atom is -0.463 e. The summed E-state index contributed by atoms with van der Waals surface area (Å²) in [5.41, 5.74) is 0.875. The number of allylic oxidation sites excluding steroid dienone is 1. The van der Waals surface area contributed by atoms with Crippen molar-refractivity contribution >= 4 is 5.97 Å². The Kier molecular flexibility index (Phi) is 7.99. The highest BCUT2D eigenvalue weighted by Crippen LogP contribution is 1.94. The highest BCUT2D eigenvalue weighted by Gasteiger charge is 1.96. The first-order valence-corrected chi connectivity index (χ1v) is 5.29. The molecule has 0 aliphatic carbocycles. The van der Waals surface area contributed by atoms with E-state index in [-0.39, 0.29) is 5.97 Å². The molecule has 0 aromatic carbocycles. The summed E-state index contributed by atoms with van der Waals surface area (Å²) in [6.45, 7) is 7.20. The Morgan fingerprint density at radius 1 is 1.36 bits per heavy atom. The van der Waals surface area contributed by atoms with Crippen molar-refractivity contribution in [2.24, 2.45) is 0 Å². The van der Waals surface area contributed by atoms with E-state index in [0.29, 0.717) is 6.61 Å².